The van der Waals surface area contributed by atoms with Crippen molar-refractivity contribution < 1.29 is 0 Å². The van der Waals surface area contributed by atoms with Crippen LogP contribution in [0.5, 0.6) is 0 Å². The lowest BCUT2D eigenvalue weighted by Crippen LogP contribution is -2.12. The van der Waals surface area contributed by atoms with Crippen LogP contribution in [0.4, 0.5) is 0 Å². The highest BCUT2D eigenvalue weighted by Crippen LogP contribution is 1.98. The van der Waals surface area contributed by atoms with Crippen molar-refractivity contribution in [1.82, 2.24) is 3.93 Å². The standard InChI is InChI=1S/C6H14BrN/c1-3-5-8(7)6-4-2/h3-6H2,1-2H3. The molecule has 0 amide bonds. The molecule has 0 atom stereocenters. The van der Waals surface area contributed by atoms with Crippen LogP contribution in [-0.4, -0.2) is 17.0 Å². The normalized spacial score (nSPS) is 10.5. The van der Waals surface area contributed by atoms with Gasteiger partial charge in [0.1, 0.15) is 0 Å². The Labute approximate surface area is 60.4 Å². The smallest absolute Gasteiger partial charge is 0.0120 e. The van der Waals surface area contributed by atoms with E-state index in [9.17, 15) is 0 Å². The number of hydrogen-bond acceptors (Lipinski definition) is 1. The van der Waals surface area contributed by atoms with Gasteiger partial charge in [-0.3, -0.25) is 0 Å². The largest absolute Gasteiger partial charge is 0.242 e. The Bertz CT molecular complexity index is 41.8. The highest BCUT2D eigenvalue weighted by atomic mass is 79.9. The molecule has 50 valence electrons. The van der Waals surface area contributed by atoms with Gasteiger partial charge in [-0.2, -0.15) is 0 Å². The number of rotatable bonds is 4. The summed E-state index contributed by atoms with van der Waals surface area (Å²) in [7, 11) is 0. The third-order valence-electron chi connectivity index (χ3n) is 0.932. The van der Waals surface area contributed by atoms with E-state index >= 15 is 0 Å². The summed E-state index contributed by atoms with van der Waals surface area (Å²) in [6, 6.07) is 0. The first-order valence-electron chi connectivity index (χ1n) is 3.22. The number of hydrogen-bond donors (Lipinski definition) is 0. The Morgan fingerprint density at radius 1 is 1.12 bits per heavy atom. The third kappa shape index (κ3) is 4.60. The Hall–Kier alpha value is 0.440. The maximum atomic E-state index is 3.43. The number of nitrogens with zero attached hydrogens (tertiary/aromatic N) is 1. The second-order valence-corrected chi connectivity index (χ2v) is 2.91. The van der Waals surface area contributed by atoms with Crippen LogP contribution in [0.25, 0.3) is 0 Å². The predicted molar refractivity (Wildman–Crippen MR) is 41.1 cm³/mol. The average Bonchev–Trinajstić information content (AvgIpc) is 1.68. The first kappa shape index (κ1) is 8.44. The van der Waals surface area contributed by atoms with Gasteiger partial charge < -0.3 is 0 Å². The van der Waals surface area contributed by atoms with Gasteiger partial charge in [-0.25, -0.2) is 3.93 Å². The zero-order valence-corrected chi connectivity index (χ0v) is 7.24. The maximum Gasteiger partial charge on any atom is 0.0120 e. The molecule has 0 radical (unpaired) electrons. The van der Waals surface area contributed by atoms with Gasteiger partial charge in [0, 0.05) is 29.2 Å². The minimum Gasteiger partial charge on any atom is -0.242 e. The van der Waals surface area contributed by atoms with E-state index in [4.69, 9.17) is 0 Å². The highest BCUT2D eigenvalue weighted by Gasteiger charge is 1.92. The number of halogens is 1. The van der Waals surface area contributed by atoms with Crippen LogP contribution >= 0.6 is 16.1 Å². The van der Waals surface area contributed by atoms with Gasteiger partial charge in [-0.05, 0) is 12.8 Å². The topological polar surface area (TPSA) is 3.24 Å². The first-order chi connectivity index (χ1) is 3.81. The first-order valence-corrected chi connectivity index (χ1v) is 3.92. The molecule has 0 aliphatic carbocycles. The molecule has 0 aliphatic rings. The maximum absolute atomic E-state index is 3.43. The van der Waals surface area contributed by atoms with E-state index in [2.05, 4.69) is 33.9 Å². The molecule has 0 rings (SSSR count). The second-order valence-electron chi connectivity index (χ2n) is 1.91. The molecular weight excluding hydrogens is 166 g/mol. The molecule has 2 heteroatoms. The van der Waals surface area contributed by atoms with Crippen LogP contribution in [0.3, 0.4) is 0 Å². The Morgan fingerprint density at radius 2 is 1.50 bits per heavy atom. The van der Waals surface area contributed by atoms with E-state index in [0.717, 1.165) is 13.1 Å². The van der Waals surface area contributed by atoms with Crippen LogP contribution in [0.1, 0.15) is 26.7 Å². The van der Waals surface area contributed by atoms with Crippen LogP contribution in [0.2, 0.25) is 0 Å². The van der Waals surface area contributed by atoms with Crippen molar-refractivity contribution in [1.29, 1.82) is 0 Å². The molecule has 0 saturated heterocycles. The van der Waals surface area contributed by atoms with Gasteiger partial charge in [0.25, 0.3) is 0 Å². The molecular formula is C6H14BrN. The van der Waals surface area contributed by atoms with Crippen LogP contribution in [-0.2, 0) is 0 Å². The van der Waals surface area contributed by atoms with E-state index in [1.165, 1.54) is 12.8 Å². The Morgan fingerprint density at radius 3 is 1.75 bits per heavy atom. The molecule has 0 unspecified atom stereocenters. The zero-order valence-electron chi connectivity index (χ0n) is 5.65. The van der Waals surface area contributed by atoms with Gasteiger partial charge in [0.2, 0.25) is 0 Å². The quantitative estimate of drug-likeness (QED) is 0.600. The molecule has 0 bridgehead atoms. The summed E-state index contributed by atoms with van der Waals surface area (Å²) < 4.78 is 2.17. The summed E-state index contributed by atoms with van der Waals surface area (Å²) in [6.45, 7) is 6.69. The molecule has 0 aliphatic heterocycles. The van der Waals surface area contributed by atoms with Crippen LogP contribution < -0.4 is 0 Å². The highest BCUT2D eigenvalue weighted by molar-refractivity contribution is 9.07. The lowest BCUT2D eigenvalue weighted by atomic mass is 10.4. The summed E-state index contributed by atoms with van der Waals surface area (Å²) in [5.74, 6) is 0. The van der Waals surface area contributed by atoms with Crippen molar-refractivity contribution in [3.63, 3.8) is 0 Å². The van der Waals surface area contributed by atoms with Crippen molar-refractivity contribution in [3.05, 3.63) is 0 Å². The Kier molecular flexibility index (Phi) is 5.88. The summed E-state index contributed by atoms with van der Waals surface area (Å²) in [6.07, 6.45) is 2.45. The van der Waals surface area contributed by atoms with Gasteiger partial charge in [-0.15, -0.1) is 0 Å². The molecule has 0 aromatic rings. The van der Waals surface area contributed by atoms with E-state index < -0.39 is 0 Å². The minimum absolute atomic E-state index is 1.16. The molecule has 0 aromatic heterocycles. The fraction of sp³-hybridized carbons (Fsp3) is 1.00. The van der Waals surface area contributed by atoms with E-state index in [1.807, 2.05) is 0 Å². The summed E-state index contributed by atoms with van der Waals surface area (Å²) in [4.78, 5) is 0. The fourth-order valence-corrected chi connectivity index (χ4v) is 1.31. The van der Waals surface area contributed by atoms with E-state index in [1.54, 1.807) is 0 Å². The van der Waals surface area contributed by atoms with Crippen molar-refractivity contribution in [2.24, 2.45) is 0 Å². The van der Waals surface area contributed by atoms with Crippen molar-refractivity contribution in [2.45, 2.75) is 26.7 Å². The average molecular weight is 180 g/mol. The molecule has 0 fully saturated rings. The monoisotopic (exact) mass is 179 g/mol. The third-order valence-corrected chi connectivity index (χ3v) is 1.64. The lowest BCUT2D eigenvalue weighted by Gasteiger charge is -2.09. The predicted octanol–water partition coefficient (Wildman–Crippen LogP) is 2.42. The van der Waals surface area contributed by atoms with Gasteiger partial charge >= 0.3 is 0 Å². The van der Waals surface area contributed by atoms with Crippen molar-refractivity contribution in [3.8, 4) is 0 Å². The lowest BCUT2D eigenvalue weighted by molar-refractivity contribution is 0.483. The van der Waals surface area contributed by atoms with Gasteiger partial charge in [0.05, 0.1) is 0 Å². The second kappa shape index (κ2) is 5.57. The SMILES string of the molecule is CCCN(Br)CCC. The van der Waals surface area contributed by atoms with Crippen LogP contribution in [0, 0.1) is 0 Å². The van der Waals surface area contributed by atoms with E-state index in [0.29, 0.717) is 0 Å². The van der Waals surface area contributed by atoms with Gasteiger partial charge in [-0.1, -0.05) is 13.8 Å². The minimum atomic E-state index is 1.16. The molecule has 1 nitrogen and oxygen atoms in total. The fourth-order valence-electron chi connectivity index (χ4n) is 0.597. The molecule has 8 heavy (non-hydrogen) atoms. The zero-order chi connectivity index (χ0) is 6.41. The molecule has 0 aromatic carbocycles. The van der Waals surface area contributed by atoms with Crippen molar-refractivity contribution >= 4 is 16.1 Å². The summed E-state index contributed by atoms with van der Waals surface area (Å²) in [5, 5.41) is 0. The molecule has 0 spiro atoms. The van der Waals surface area contributed by atoms with Gasteiger partial charge in [0.15, 0.2) is 0 Å². The molecule has 0 saturated carbocycles. The summed E-state index contributed by atoms with van der Waals surface area (Å²) >= 11 is 3.43. The molecule has 0 N–H and O–H groups in total. The van der Waals surface area contributed by atoms with Crippen molar-refractivity contribution in [2.75, 3.05) is 13.1 Å². The van der Waals surface area contributed by atoms with Crippen LogP contribution in [0.15, 0.2) is 0 Å². The molecule has 0 heterocycles. The summed E-state index contributed by atoms with van der Waals surface area (Å²) in [5.41, 5.74) is 0. The Balaban J connectivity index is 2.92. The van der Waals surface area contributed by atoms with E-state index in [-0.39, 0.29) is 0 Å².